The molecule has 0 bridgehead atoms. The van der Waals surface area contributed by atoms with E-state index in [2.05, 4.69) is 11.0 Å². The van der Waals surface area contributed by atoms with E-state index in [4.69, 9.17) is 21.0 Å². The number of anilines is 1. The van der Waals surface area contributed by atoms with Gasteiger partial charge in [0.25, 0.3) is 5.91 Å². The maximum Gasteiger partial charge on any atom is 0.280 e. The lowest BCUT2D eigenvalue weighted by molar-refractivity contribution is -0.114. The molecule has 1 aliphatic heterocycles. The third-order valence-corrected chi connectivity index (χ3v) is 5.23. The van der Waals surface area contributed by atoms with Gasteiger partial charge in [-0.25, -0.2) is 13.6 Å². The third kappa shape index (κ3) is 4.20. The SMILES string of the molecule is C#CCOc1c(/C=C2\C(=O)N(c3ccc(S(N)(=O)=O)cc3)N=C2C)cccc1OC. The standard InChI is InChI=1S/C21H19N3O5S/c1-4-12-29-20-15(6-5-7-19(20)28-3)13-18-14(2)23-24(21(18)25)16-8-10-17(11-9-16)30(22,26)27/h1,5-11,13H,12H2,2-3H3,(H2,22,26,27)/b18-13-. The molecule has 9 heteroatoms. The van der Waals surface area contributed by atoms with Gasteiger partial charge in [0.05, 0.1) is 29.0 Å². The Kier molecular flexibility index (Phi) is 5.91. The molecule has 0 atom stereocenters. The van der Waals surface area contributed by atoms with Gasteiger partial charge in [0, 0.05) is 5.56 Å². The van der Waals surface area contributed by atoms with E-state index < -0.39 is 10.0 Å². The lowest BCUT2D eigenvalue weighted by Crippen LogP contribution is -2.21. The van der Waals surface area contributed by atoms with Gasteiger partial charge in [-0.3, -0.25) is 4.79 Å². The summed E-state index contributed by atoms with van der Waals surface area (Å²) in [4.78, 5) is 12.9. The van der Waals surface area contributed by atoms with Crippen LogP contribution in [0.4, 0.5) is 5.69 Å². The summed E-state index contributed by atoms with van der Waals surface area (Å²) in [7, 11) is -2.32. The number of primary sulfonamides is 1. The fraction of sp³-hybridized carbons (Fsp3) is 0.143. The first-order valence-corrected chi connectivity index (χ1v) is 10.3. The van der Waals surface area contributed by atoms with E-state index in [-0.39, 0.29) is 17.4 Å². The van der Waals surface area contributed by atoms with Crippen molar-refractivity contribution in [2.75, 3.05) is 18.7 Å². The lowest BCUT2D eigenvalue weighted by atomic mass is 10.1. The zero-order valence-electron chi connectivity index (χ0n) is 16.3. The Balaban J connectivity index is 1.97. The van der Waals surface area contributed by atoms with Crippen molar-refractivity contribution < 1.29 is 22.7 Å². The number of benzene rings is 2. The van der Waals surface area contributed by atoms with Crippen molar-refractivity contribution in [3.05, 3.63) is 53.6 Å². The molecule has 0 unspecified atom stereocenters. The number of hydrazone groups is 1. The van der Waals surface area contributed by atoms with Gasteiger partial charge in [0.1, 0.15) is 6.61 Å². The van der Waals surface area contributed by atoms with E-state index in [1.807, 2.05) is 0 Å². The van der Waals surface area contributed by atoms with E-state index in [0.717, 1.165) is 0 Å². The molecular weight excluding hydrogens is 406 g/mol. The molecule has 0 saturated carbocycles. The molecule has 0 spiro atoms. The zero-order valence-corrected chi connectivity index (χ0v) is 17.1. The van der Waals surface area contributed by atoms with Crippen molar-refractivity contribution in [1.82, 2.24) is 0 Å². The number of carbonyl (C=O) groups excluding carboxylic acids is 1. The minimum Gasteiger partial charge on any atom is -0.493 e. The number of terminal acetylenes is 1. The first kappa shape index (κ1) is 21.1. The molecule has 1 aliphatic rings. The van der Waals surface area contributed by atoms with Crippen LogP contribution in [-0.2, 0) is 14.8 Å². The molecule has 0 saturated heterocycles. The first-order valence-electron chi connectivity index (χ1n) is 8.74. The predicted molar refractivity (Wildman–Crippen MR) is 114 cm³/mol. The molecule has 2 aromatic carbocycles. The number of para-hydroxylation sites is 1. The molecule has 3 rings (SSSR count). The highest BCUT2D eigenvalue weighted by molar-refractivity contribution is 7.89. The van der Waals surface area contributed by atoms with Crippen LogP contribution in [0, 0.1) is 12.3 Å². The molecule has 0 aliphatic carbocycles. The summed E-state index contributed by atoms with van der Waals surface area (Å²) in [6.45, 7) is 1.74. The smallest absolute Gasteiger partial charge is 0.280 e. The predicted octanol–water partition coefficient (Wildman–Crippen LogP) is 2.16. The van der Waals surface area contributed by atoms with E-state index in [1.54, 1.807) is 31.2 Å². The quantitative estimate of drug-likeness (QED) is 0.563. The fourth-order valence-electron chi connectivity index (χ4n) is 2.87. The third-order valence-electron chi connectivity index (χ3n) is 4.30. The zero-order chi connectivity index (χ0) is 21.9. The summed E-state index contributed by atoms with van der Waals surface area (Å²) in [6.07, 6.45) is 6.94. The molecule has 1 amide bonds. The first-order chi connectivity index (χ1) is 14.3. The summed E-state index contributed by atoms with van der Waals surface area (Å²) in [5, 5.41) is 10.6. The van der Waals surface area contributed by atoms with E-state index in [9.17, 15) is 13.2 Å². The molecule has 0 aromatic heterocycles. The molecular formula is C21H19N3O5S. The summed E-state index contributed by atoms with van der Waals surface area (Å²) < 4.78 is 33.8. The van der Waals surface area contributed by atoms with Crippen LogP contribution >= 0.6 is 0 Å². The van der Waals surface area contributed by atoms with Crippen LogP contribution in [0.25, 0.3) is 6.08 Å². The summed E-state index contributed by atoms with van der Waals surface area (Å²) in [6, 6.07) is 10.8. The van der Waals surface area contributed by atoms with Crippen molar-refractivity contribution in [2.24, 2.45) is 10.2 Å². The second-order valence-electron chi connectivity index (χ2n) is 6.27. The normalized spacial score (nSPS) is 15.1. The summed E-state index contributed by atoms with van der Waals surface area (Å²) in [5.41, 5.74) is 1.85. The minimum atomic E-state index is -3.83. The Morgan fingerprint density at radius 2 is 1.93 bits per heavy atom. The second kappa shape index (κ2) is 8.41. The van der Waals surface area contributed by atoms with Gasteiger partial charge < -0.3 is 9.47 Å². The van der Waals surface area contributed by atoms with Crippen LogP contribution in [0.2, 0.25) is 0 Å². The van der Waals surface area contributed by atoms with Crippen LogP contribution < -0.4 is 19.6 Å². The largest absolute Gasteiger partial charge is 0.493 e. The molecule has 2 N–H and O–H groups in total. The fourth-order valence-corrected chi connectivity index (χ4v) is 3.38. The monoisotopic (exact) mass is 425 g/mol. The van der Waals surface area contributed by atoms with Gasteiger partial charge >= 0.3 is 0 Å². The van der Waals surface area contributed by atoms with Gasteiger partial charge in [-0.15, -0.1) is 6.42 Å². The Morgan fingerprint density at radius 3 is 2.53 bits per heavy atom. The van der Waals surface area contributed by atoms with E-state index in [0.29, 0.717) is 34.0 Å². The number of nitrogens with zero attached hydrogens (tertiary/aromatic N) is 2. The van der Waals surface area contributed by atoms with Gasteiger partial charge in [0.2, 0.25) is 10.0 Å². The van der Waals surface area contributed by atoms with Crippen LogP contribution in [0.3, 0.4) is 0 Å². The molecule has 0 fully saturated rings. The number of hydrogen-bond donors (Lipinski definition) is 1. The van der Waals surface area contributed by atoms with Gasteiger partial charge in [0.15, 0.2) is 11.5 Å². The highest BCUT2D eigenvalue weighted by Crippen LogP contribution is 2.34. The Labute approximate surface area is 174 Å². The maximum absolute atomic E-state index is 13.0. The Hall–Kier alpha value is -3.61. The average Bonchev–Trinajstić information content (AvgIpc) is 3.00. The number of sulfonamides is 1. The molecule has 8 nitrogen and oxygen atoms in total. The highest BCUT2D eigenvalue weighted by Gasteiger charge is 2.29. The van der Waals surface area contributed by atoms with Crippen LogP contribution in [0.15, 0.2) is 58.0 Å². The number of hydrogen-bond acceptors (Lipinski definition) is 6. The number of nitrogens with two attached hydrogens (primary N) is 1. The Morgan fingerprint density at radius 1 is 1.23 bits per heavy atom. The summed E-state index contributed by atoms with van der Waals surface area (Å²) >= 11 is 0. The van der Waals surface area contributed by atoms with E-state index >= 15 is 0 Å². The number of ether oxygens (including phenoxy) is 2. The number of rotatable bonds is 6. The van der Waals surface area contributed by atoms with Crippen molar-refractivity contribution in [1.29, 1.82) is 0 Å². The van der Waals surface area contributed by atoms with E-state index in [1.165, 1.54) is 36.4 Å². The van der Waals surface area contributed by atoms with Crippen LogP contribution in [-0.4, -0.2) is 33.8 Å². The van der Waals surface area contributed by atoms with Crippen molar-refractivity contribution in [3.63, 3.8) is 0 Å². The summed E-state index contributed by atoms with van der Waals surface area (Å²) in [5.74, 6) is 2.93. The maximum atomic E-state index is 13.0. The van der Waals surface area contributed by atoms with Crippen molar-refractivity contribution in [2.45, 2.75) is 11.8 Å². The molecule has 2 aromatic rings. The molecule has 0 radical (unpaired) electrons. The molecule has 30 heavy (non-hydrogen) atoms. The molecule has 1 heterocycles. The number of amides is 1. The number of methoxy groups -OCH3 is 1. The lowest BCUT2D eigenvalue weighted by Gasteiger charge is -2.13. The minimum absolute atomic E-state index is 0.0418. The highest BCUT2D eigenvalue weighted by atomic mass is 32.2. The second-order valence-corrected chi connectivity index (χ2v) is 7.83. The van der Waals surface area contributed by atoms with Crippen molar-refractivity contribution >= 4 is 33.4 Å². The van der Waals surface area contributed by atoms with Gasteiger partial charge in [-0.2, -0.15) is 10.1 Å². The number of carbonyl (C=O) groups is 1. The molecule has 154 valence electrons. The van der Waals surface area contributed by atoms with Gasteiger partial charge in [-0.05, 0) is 43.3 Å². The topological polar surface area (TPSA) is 111 Å². The van der Waals surface area contributed by atoms with Crippen LogP contribution in [0.1, 0.15) is 12.5 Å². The Bertz CT molecular complexity index is 1190. The van der Waals surface area contributed by atoms with Crippen molar-refractivity contribution in [3.8, 4) is 23.8 Å². The average molecular weight is 425 g/mol. The van der Waals surface area contributed by atoms with Gasteiger partial charge in [-0.1, -0.05) is 18.1 Å². The van der Waals surface area contributed by atoms with Crippen LogP contribution in [0.5, 0.6) is 11.5 Å².